The van der Waals surface area contributed by atoms with Crippen LogP contribution in [0.4, 0.5) is 0 Å². The Labute approximate surface area is 226 Å². The molecule has 0 aromatic heterocycles. The molecule has 206 valence electrons. The van der Waals surface area contributed by atoms with Gasteiger partial charge in [0.1, 0.15) is 0 Å². The Kier molecular flexibility index (Phi) is 34.4. The van der Waals surface area contributed by atoms with E-state index in [1.165, 1.54) is 190 Å². The summed E-state index contributed by atoms with van der Waals surface area (Å²) in [5, 5.41) is 0. The van der Waals surface area contributed by atoms with E-state index in [1.54, 1.807) is 0 Å². The summed E-state index contributed by atoms with van der Waals surface area (Å²) in [7, 11) is 0. The van der Waals surface area contributed by atoms with Gasteiger partial charge in [-0.2, -0.15) is 23.5 Å². The van der Waals surface area contributed by atoms with Crippen LogP contribution in [0.1, 0.15) is 181 Å². The van der Waals surface area contributed by atoms with Crippen LogP contribution in [0.3, 0.4) is 0 Å². The van der Waals surface area contributed by atoms with Crippen molar-refractivity contribution < 1.29 is 0 Å². The summed E-state index contributed by atoms with van der Waals surface area (Å²) in [6.45, 7) is 4.61. The maximum atomic E-state index is 2.31. The van der Waals surface area contributed by atoms with E-state index in [0.29, 0.717) is 0 Å². The van der Waals surface area contributed by atoms with Crippen LogP contribution in [0.5, 0.6) is 0 Å². The second kappa shape index (κ2) is 33.7. The average Bonchev–Trinajstić information content (AvgIpc) is 2.85. The molecule has 0 aromatic rings. The van der Waals surface area contributed by atoms with Crippen molar-refractivity contribution in [2.45, 2.75) is 181 Å². The zero-order valence-electron chi connectivity index (χ0n) is 24.0. The first-order valence-corrected chi connectivity index (χ1v) is 18.4. The minimum atomic E-state index is 1.37. The van der Waals surface area contributed by atoms with E-state index >= 15 is 0 Å². The van der Waals surface area contributed by atoms with E-state index in [4.69, 9.17) is 0 Å². The van der Waals surface area contributed by atoms with Gasteiger partial charge in [0.15, 0.2) is 0 Å². The minimum absolute atomic E-state index is 1.37. The molecule has 0 unspecified atom stereocenters. The molecule has 0 aliphatic rings. The summed E-state index contributed by atoms with van der Waals surface area (Å²) in [6, 6.07) is 0. The quantitative estimate of drug-likeness (QED) is 0.0843. The molecule has 2 heteroatoms. The van der Waals surface area contributed by atoms with Gasteiger partial charge in [0.2, 0.25) is 0 Å². The molecule has 0 spiro atoms. The zero-order valence-corrected chi connectivity index (χ0v) is 25.7. The second-order valence-electron chi connectivity index (χ2n) is 10.7. The molecular formula is C32H66S2. The smallest absolute Gasteiger partial charge is 0.00672 e. The van der Waals surface area contributed by atoms with Crippen molar-refractivity contribution in [2.24, 2.45) is 0 Å². The molecule has 0 aromatic carbocycles. The topological polar surface area (TPSA) is 0 Å². The maximum Gasteiger partial charge on any atom is -0.00672 e. The lowest BCUT2D eigenvalue weighted by atomic mass is 10.1. The average molecular weight is 515 g/mol. The van der Waals surface area contributed by atoms with Crippen LogP contribution in [0.15, 0.2) is 0 Å². The summed E-state index contributed by atoms with van der Waals surface area (Å²) in [4.78, 5) is 0. The van der Waals surface area contributed by atoms with E-state index in [9.17, 15) is 0 Å². The highest BCUT2D eigenvalue weighted by Crippen LogP contribution is 2.16. The summed E-state index contributed by atoms with van der Waals surface area (Å²) < 4.78 is 0. The molecule has 0 radical (unpaired) electrons. The Hall–Kier alpha value is 0.700. The molecule has 0 amide bonds. The van der Waals surface area contributed by atoms with Gasteiger partial charge < -0.3 is 0 Å². The van der Waals surface area contributed by atoms with Gasteiger partial charge in [-0.05, 0) is 48.7 Å². The van der Waals surface area contributed by atoms with Gasteiger partial charge >= 0.3 is 0 Å². The van der Waals surface area contributed by atoms with Crippen LogP contribution in [0.2, 0.25) is 0 Å². The Bertz CT molecular complexity index is 299. The monoisotopic (exact) mass is 514 g/mol. The highest BCUT2D eigenvalue weighted by atomic mass is 32.2. The fourth-order valence-electron chi connectivity index (χ4n) is 4.70. The Morgan fingerprint density at radius 1 is 0.235 bits per heavy atom. The third-order valence-corrected chi connectivity index (χ3v) is 9.42. The molecular weight excluding hydrogens is 448 g/mol. The van der Waals surface area contributed by atoms with E-state index in [1.807, 2.05) is 0 Å². The largest absolute Gasteiger partial charge is 0.162 e. The van der Waals surface area contributed by atoms with Crippen molar-refractivity contribution in [3.8, 4) is 0 Å². The van der Waals surface area contributed by atoms with Crippen LogP contribution in [-0.4, -0.2) is 23.0 Å². The zero-order chi connectivity index (χ0) is 24.6. The summed E-state index contributed by atoms with van der Waals surface area (Å²) in [6.07, 6.45) is 38.0. The summed E-state index contributed by atoms with van der Waals surface area (Å²) >= 11 is 4.43. The molecule has 0 nitrogen and oxygen atoms in total. The Morgan fingerprint density at radius 2 is 0.412 bits per heavy atom. The number of thioether (sulfide) groups is 2. The summed E-state index contributed by atoms with van der Waals surface area (Å²) in [5.74, 6) is 5.61. The van der Waals surface area contributed by atoms with Crippen LogP contribution < -0.4 is 0 Å². The van der Waals surface area contributed by atoms with Crippen molar-refractivity contribution in [3.05, 3.63) is 0 Å². The van der Waals surface area contributed by atoms with Gasteiger partial charge in [0, 0.05) is 0 Å². The highest BCUT2D eigenvalue weighted by molar-refractivity contribution is 7.99. The lowest BCUT2D eigenvalue weighted by molar-refractivity contribution is 0.548. The van der Waals surface area contributed by atoms with Crippen molar-refractivity contribution in [1.29, 1.82) is 0 Å². The van der Waals surface area contributed by atoms with Crippen molar-refractivity contribution in [3.63, 3.8) is 0 Å². The van der Waals surface area contributed by atoms with Gasteiger partial charge in [0.05, 0.1) is 0 Å². The SMILES string of the molecule is CCCCCCCCCCCCCCSCCCCSCCCCCCCCCCCCCC. The first kappa shape index (κ1) is 34.7. The predicted molar refractivity (Wildman–Crippen MR) is 166 cm³/mol. The van der Waals surface area contributed by atoms with Gasteiger partial charge in [0.25, 0.3) is 0 Å². The number of unbranched alkanes of at least 4 members (excludes halogenated alkanes) is 23. The van der Waals surface area contributed by atoms with Crippen molar-refractivity contribution in [2.75, 3.05) is 23.0 Å². The van der Waals surface area contributed by atoms with Gasteiger partial charge in [-0.25, -0.2) is 0 Å². The van der Waals surface area contributed by atoms with Crippen molar-refractivity contribution in [1.82, 2.24) is 0 Å². The van der Waals surface area contributed by atoms with Gasteiger partial charge in [-0.1, -0.05) is 155 Å². The molecule has 0 fully saturated rings. The number of hydrogen-bond acceptors (Lipinski definition) is 2. The van der Waals surface area contributed by atoms with E-state index in [0.717, 1.165) is 0 Å². The molecule has 0 rings (SSSR count). The van der Waals surface area contributed by atoms with E-state index in [-0.39, 0.29) is 0 Å². The first-order valence-electron chi connectivity index (χ1n) is 16.1. The van der Waals surface area contributed by atoms with Crippen LogP contribution in [0, 0.1) is 0 Å². The lowest BCUT2D eigenvalue weighted by Gasteiger charge is -2.04. The number of rotatable bonds is 31. The molecule has 0 atom stereocenters. The van der Waals surface area contributed by atoms with Gasteiger partial charge in [-0.15, -0.1) is 0 Å². The fourth-order valence-corrected chi connectivity index (χ4v) is 6.74. The molecule has 0 saturated carbocycles. The minimum Gasteiger partial charge on any atom is -0.162 e. The Balaban J connectivity index is 2.99. The molecule has 0 aliphatic heterocycles. The van der Waals surface area contributed by atoms with E-state index < -0.39 is 0 Å². The third kappa shape index (κ3) is 32.7. The van der Waals surface area contributed by atoms with Crippen LogP contribution in [-0.2, 0) is 0 Å². The number of hydrogen-bond donors (Lipinski definition) is 0. The highest BCUT2D eigenvalue weighted by Gasteiger charge is 1.97. The lowest BCUT2D eigenvalue weighted by Crippen LogP contribution is -1.89. The summed E-state index contributed by atoms with van der Waals surface area (Å²) in [5.41, 5.74) is 0. The van der Waals surface area contributed by atoms with Gasteiger partial charge in [-0.3, -0.25) is 0 Å². The fraction of sp³-hybridized carbons (Fsp3) is 1.00. The molecule has 0 heterocycles. The van der Waals surface area contributed by atoms with Crippen LogP contribution >= 0.6 is 23.5 Å². The van der Waals surface area contributed by atoms with Crippen molar-refractivity contribution >= 4 is 23.5 Å². The normalized spacial score (nSPS) is 11.5. The van der Waals surface area contributed by atoms with Crippen LogP contribution in [0.25, 0.3) is 0 Å². The first-order chi connectivity index (χ1) is 16.9. The second-order valence-corrected chi connectivity index (χ2v) is 13.2. The molecule has 0 bridgehead atoms. The Morgan fingerprint density at radius 3 is 0.647 bits per heavy atom. The third-order valence-electron chi connectivity index (χ3n) is 7.11. The molecule has 0 N–H and O–H groups in total. The molecule has 0 aliphatic carbocycles. The molecule has 0 saturated heterocycles. The molecule has 34 heavy (non-hydrogen) atoms. The standard InChI is InChI=1S/C32H66S2/c1-3-5-7-9-11-13-15-17-19-21-23-25-29-33-31-27-28-32-34-30-26-24-22-20-18-16-14-12-10-8-6-4-2/h3-32H2,1-2H3. The maximum absolute atomic E-state index is 2.31. The van der Waals surface area contributed by atoms with E-state index in [2.05, 4.69) is 37.4 Å². The predicted octanol–water partition coefficient (Wildman–Crippen LogP) is 12.6.